The van der Waals surface area contributed by atoms with Gasteiger partial charge in [-0.25, -0.2) is 4.39 Å². The summed E-state index contributed by atoms with van der Waals surface area (Å²) >= 11 is 6.21. The molecule has 1 aromatic rings. The highest BCUT2D eigenvalue weighted by Crippen LogP contribution is 2.35. The van der Waals surface area contributed by atoms with Crippen molar-refractivity contribution in [3.05, 3.63) is 40.6 Å². The molecule has 0 aromatic heterocycles. The van der Waals surface area contributed by atoms with Gasteiger partial charge in [-0.05, 0) is 29.7 Å². The molecule has 0 saturated carbocycles. The van der Waals surface area contributed by atoms with Crippen LogP contribution in [0, 0.1) is 11.7 Å². The van der Waals surface area contributed by atoms with Gasteiger partial charge in [0, 0.05) is 0 Å². The summed E-state index contributed by atoms with van der Waals surface area (Å²) in [5, 5.41) is 11.4. The lowest BCUT2D eigenvalue weighted by Crippen LogP contribution is -2.53. The van der Waals surface area contributed by atoms with Gasteiger partial charge in [0.25, 0.3) is 5.91 Å². The second-order valence-corrected chi connectivity index (χ2v) is 6.93. The SMILES string of the molecule is CC[C@@H](C)[C@@H](C(=O)[O-])N1C(=O)/C(=C/c2ccc(F)cc2)SC1=S. The van der Waals surface area contributed by atoms with Crippen molar-refractivity contribution in [2.75, 3.05) is 0 Å². The number of carbonyl (C=O) groups excluding carboxylic acids is 2. The molecule has 0 radical (unpaired) electrons. The van der Waals surface area contributed by atoms with Crippen molar-refractivity contribution in [3.63, 3.8) is 0 Å². The first-order chi connectivity index (χ1) is 10.8. The van der Waals surface area contributed by atoms with E-state index >= 15 is 0 Å². The Hall–Kier alpha value is -1.73. The van der Waals surface area contributed by atoms with Crippen molar-refractivity contribution in [3.8, 4) is 0 Å². The molecule has 0 unspecified atom stereocenters. The minimum Gasteiger partial charge on any atom is -0.548 e. The average Bonchev–Trinajstić information content (AvgIpc) is 2.77. The third-order valence-corrected chi connectivity index (χ3v) is 5.02. The summed E-state index contributed by atoms with van der Waals surface area (Å²) in [6.45, 7) is 3.58. The van der Waals surface area contributed by atoms with Gasteiger partial charge >= 0.3 is 0 Å². The zero-order valence-electron chi connectivity index (χ0n) is 12.6. The molecule has 0 aliphatic carbocycles. The molecule has 1 fully saturated rings. The number of thiocarbonyl (C=S) groups is 1. The van der Waals surface area contributed by atoms with Crippen molar-refractivity contribution in [2.24, 2.45) is 5.92 Å². The Labute approximate surface area is 143 Å². The van der Waals surface area contributed by atoms with Crippen molar-refractivity contribution in [1.82, 2.24) is 4.90 Å². The first-order valence-electron chi connectivity index (χ1n) is 7.08. The maximum absolute atomic E-state index is 12.9. The molecule has 1 aliphatic rings. The molecule has 23 heavy (non-hydrogen) atoms. The Balaban J connectivity index is 2.32. The summed E-state index contributed by atoms with van der Waals surface area (Å²) in [7, 11) is 0. The average molecular weight is 352 g/mol. The largest absolute Gasteiger partial charge is 0.548 e. The van der Waals surface area contributed by atoms with Gasteiger partial charge in [-0.15, -0.1) is 0 Å². The fourth-order valence-electron chi connectivity index (χ4n) is 2.25. The molecule has 1 aromatic carbocycles. The first-order valence-corrected chi connectivity index (χ1v) is 8.31. The van der Waals surface area contributed by atoms with Gasteiger partial charge in [-0.2, -0.15) is 0 Å². The van der Waals surface area contributed by atoms with Crippen LogP contribution in [0.4, 0.5) is 4.39 Å². The van der Waals surface area contributed by atoms with E-state index in [0.29, 0.717) is 16.9 Å². The fraction of sp³-hybridized carbons (Fsp3) is 0.312. The summed E-state index contributed by atoms with van der Waals surface area (Å²) < 4.78 is 13.1. The van der Waals surface area contributed by atoms with Crippen molar-refractivity contribution in [2.45, 2.75) is 26.3 Å². The van der Waals surface area contributed by atoms with Crippen LogP contribution < -0.4 is 5.11 Å². The van der Waals surface area contributed by atoms with Crippen LogP contribution in [0.25, 0.3) is 6.08 Å². The van der Waals surface area contributed by atoms with Crippen LogP contribution >= 0.6 is 24.0 Å². The van der Waals surface area contributed by atoms with E-state index in [9.17, 15) is 19.1 Å². The predicted octanol–water partition coefficient (Wildman–Crippen LogP) is 2.19. The first kappa shape index (κ1) is 17.6. The maximum atomic E-state index is 12.9. The second kappa shape index (κ2) is 7.23. The standard InChI is InChI=1S/C16H16FNO3S2/c1-3-9(2)13(15(20)21)18-14(19)12(23-16(18)22)8-10-4-6-11(17)7-5-10/h4-9,13H,3H2,1-2H3,(H,20,21)/p-1/b12-8-/t9-,13+/m1/s1. The molecule has 0 bridgehead atoms. The molecular formula is C16H15FNO3S2-. The van der Waals surface area contributed by atoms with E-state index in [1.54, 1.807) is 13.0 Å². The molecule has 1 aliphatic heterocycles. The number of carboxylic acids is 1. The van der Waals surface area contributed by atoms with Crippen LogP contribution in [0.1, 0.15) is 25.8 Å². The molecule has 1 amide bonds. The number of halogens is 1. The molecule has 4 nitrogen and oxygen atoms in total. The Kier molecular flexibility index (Phi) is 5.54. The summed E-state index contributed by atoms with van der Waals surface area (Å²) in [6, 6.07) is 4.55. The van der Waals surface area contributed by atoms with E-state index < -0.39 is 17.9 Å². The topological polar surface area (TPSA) is 60.4 Å². The van der Waals surface area contributed by atoms with Gasteiger partial charge in [0.05, 0.1) is 16.9 Å². The van der Waals surface area contributed by atoms with Gasteiger partial charge in [0.2, 0.25) is 0 Å². The Morgan fingerprint density at radius 2 is 2.04 bits per heavy atom. The number of aliphatic carboxylic acids is 1. The Bertz CT molecular complexity index is 672. The van der Waals surface area contributed by atoms with E-state index in [1.807, 2.05) is 6.92 Å². The minimum absolute atomic E-state index is 0.192. The molecule has 1 saturated heterocycles. The fourth-order valence-corrected chi connectivity index (χ4v) is 3.57. The highest BCUT2D eigenvalue weighted by molar-refractivity contribution is 8.26. The number of amides is 1. The molecule has 0 spiro atoms. The Morgan fingerprint density at radius 3 is 2.57 bits per heavy atom. The van der Waals surface area contributed by atoms with E-state index in [0.717, 1.165) is 16.7 Å². The highest BCUT2D eigenvalue weighted by Gasteiger charge is 2.39. The molecule has 0 N–H and O–H groups in total. The molecular weight excluding hydrogens is 337 g/mol. The lowest BCUT2D eigenvalue weighted by atomic mass is 9.98. The van der Waals surface area contributed by atoms with Crippen LogP contribution in [0.5, 0.6) is 0 Å². The van der Waals surface area contributed by atoms with E-state index in [4.69, 9.17) is 12.2 Å². The highest BCUT2D eigenvalue weighted by atomic mass is 32.2. The number of carbonyl (C=O) groups is 2. The number of nitrogens with zero attached hydrogens (tertiary/aromatic N) is 1. The van der Waals surface area contributed by atoms with Gasteiger partial charge in [0.1, 0.15) is 10.1 Å². The van der Waals surface area contributed by atoms with E-state index in [-0.39, 0.29) is 16.1 Å². The van der Waals surface area contributed by atoms with Crippen molar-refractivity contribution < 1.29 is 19.1 Å². The molecule has 2 rings (SSSR count). The van der Waals surface area contributed by atoms with Crippen LogP contribution in [-0.4, -0.2) is 27.1 Å². The third kappa shape index (κ3) is 3.79. The molecule has 2 atom stereocenters. The number of hydrogen-bond donors (Lipinski definition) is 0. The van der Waals surface area contributed by atoms with Crippen LogP contribution in [0.2, 0.25) is 0 Å². The summed E-state index contributed by atoms with van der Waals surface area (Å²) in [5.41, 5.74) is 0.639. The van der Waals surface area contributed by atoms with Gasteiger partial charge in [-0.1, -0.05) is 56.4 Å². The summed E-state index contributed by atoms with van der Waals surface area (Å²) in [5.74, 6) is -2.44. The minimum atomic E-state index is -1.32. The number of hydrogen-bond acceptors (Lipinski definition) is 5. The lowest BCUT2D eigenvalue weighted by Gasteiger charge is -2.32. The zero-order chi connectivity index (χ0) is 17.1. The maximum Gasteiger partial charge on any atom is 0.266 e. The predicted molar refractivity (Wildman–Crippen MR) is 89.7 cm³/mol. The molecule has 1 heterocycles. The van der Waals surface area contributed by atoms with Crippen molar-refractivity contribution >= 4 is 46.3 Å². The monoisotopic (exact) mass is 352 g/mol. The van der Waals surface area contributed by atoms with Crippen LogP contribution in [0.3, 0.4) is 0 Å². The number of rotatable bonds is 5. The van der Waals surface area contributed by atoms with Crippen molar-refractivity contribution in [1.29, 1.82) is 0 Å². The second-order valence-electron chi connectivity index (χ2n) is 5.25. The zero-order valence-corrected chi connectivity index (χ0v) is 14.2. The normalized spacial score (nSPS) is 19.3. The van der Waals surface area contributed by atoms with Crippen LogP contribution in [0.15, 0.2) is 29.2 Å². The third-order valence-electron chi connectivity index (χ3n) is 3.69. The van der Waals surface area contributed by atoms with Gasteiger partial charge in [0.15, 0.2) is 0 Å². The van der Waals surface area contributed by atoms with E-state index in [2.05, 4.69) is 0 Å². The molecule has 122 valence electrons. The molecule has 7 heteroatoms. The van der Waals surface area contributed by atoms with Crippen LogP contribution in [-0.2, 0) is 9.59 Å². The van der Waals surface area contributed by atoms with Gasteiger partial charge < -0.3 is 9.90 Å². The summed E-state index contributed by atoms with van der Waals surface area (Å²) in [4.78, 5) is 25.4. The smallest absolute Gasteiger partial charge is 0.266 e. The number of carboxylic acid groups (broad SMARTS) is 1. The Morgan fingerprint density at radius 1 is 1.43 bits per heavy atom. The number of thioether (sulfide) groups is 1. The quantitative estimate of drug-likeness (QED) is 0.600. The lowest BCUT2D eigenvalue weighted by molar-refractivity contribution is -0.311. The van der Waals surface area contributed by atoms with E-state index in [1.165, 1.54) is 24.3 Å². The van der Waals surface area contributed by atoms with Gasteiger partial charge in [-0.3, -0.25) is 9.69 Å². The summed E-state index contributed by atoms with van der Waals surface area (Å²) in [6.07, 6.45) is 2.15. The number of benzene rings is 1.